The lowest BCUT2D eigenvalue weighted by molar-refractivity contribution is -0.117. The lowest BCUT2D eigenvalue weighted by atomic mass is 10.2. The minimum atomic E-state index is -0.302. The van der Waals surface area contributed by atoms with Gasteiger partial charge in [0.1, 0.15) is 6.04 Å². The molecule has 0 fully saturated rings. The zero-order valence-corrected chi connectivity index (χ0v) is 13.5. The Bertz CT molecular complexity index is 646. The van der Waals surface area contributed by atoms with Crippen LogP contribution < -0.4 is 16.0 Å². The van der Waals surface area contributed by atoms with Crippen LogP contribution in [-0.2, 0) is 4.79 Å². The molecule has 0 radical (unpaired) electrons. The summed E-state index contributed by atoms with van der Waals surface area (Å²) < 4.78 is 0. The molecule has 116 valence electrons. The van der Waals surface area contributed by atoms with Gasteiger partial charge in [-0.15, -0.1) is 0 Å². The van der Waals surface area contributed by atoms with E-state index < -0.39 is 0 Å². The highest BCUT2D eigenvalue weighted by molar-refractivity contribution is 6.33. The second-order valence-corrected chi connectivity index (χ2v) is 5.43. The molecule has 0 aliphatic carbocycles. The number of nitrogen functional groups attached to an aromatic ring is 1. The zero-order valence-electron chi connectivity index (χ0n) is 12.7. The van der Waals surface area contributed by atoms with E-state index in [9.17, 15) is 4.79 Å². The third-order valence-electron chi connectivity index (χ3n) is 3.54. The Kier molecular flexibility index (Phi) is 5.28. The van der Waals surface area contributed by atoms with Crippen molar-refractivity contribution in [2.75, 3.05) is 22.5 Å². The number of nitrogens with zero attached hydrogens (tertiary/aromatic N) is 1. The Labute approximate surface area is 135 Å². The number of nitrogens with two attached hydrogens (primary N) is 1. The first kappa shape index (κ1) is 16.2. The maximum absolute atomic E-state index is 12.5. The van der Waals surface area contributed by atoms with Crippen molar-refractivity contribution in [3.05, 3.63) is 53.6 Å². The molecular weight excluding hydrogens is 298 g/mol. The number of para-hydroxylation sites is 1. The fraction of sp³-hybridized carbons (Fsp3) is 0.235. The van der Waals surface area contributed by atoms with Crippen molar-refractivity contribution in [1.29, 1.82) is 0 Å². The van der Waals surface area contributed by atoms with Crippen LogP contribution in [0.2, 0.25) is 5.02 Å². The number of anilines is 3. The van der Waals surface area contributed by atoms with Gasteiger partial charge >= 0.3 is 0 Å². The van der Waals surface area contributed by atoms with Crippen LogP contribution >= 0.6 is 11.6 Å². The largest absolute Gasteiger partial charge is 0.397 e. The first-order valence-corrected chi connectivity index (χ1v) is 7.58. The van der Waals surface area contributed by atoms with Crippen molar-refractivity contribution in [2.24, 2.45) is 0 Å². The van der Waals surface area contributed by atoms with E-state index in [0.29, 0.717) is 16.4 Å². The number of hydrogen-bond donors (Lipinski definition) is 2. The number of hydrogen-bond acceptors (Lipinski definition) is 3. The number of halogens is 1. The molecule has 0 aliphatic rings. The molecule has 0 aromatic heterocycles. The Hall–Kier alpha value is -2.20. The average molecular weight is 318 g/mol. The highest BCUT2D eigenvalue weighted by Crippen LogP contribution is 2.23. The molecule has 2 rings (SSSR count). The minimum absolute atomic E-state index is 0.0903. The van der Waals surface area contributed by atoms with E-state index in [0.717, 1.165) is 12.2 Å². The molecule has 2 aromatic rings. The smallest absolute Gasteiger partial charge is 0.246 e. The molecule has 1 unspecified atom stereocenters. The Morgan fingerprint density at radius 1 is 1.27 bits per heavy atom. The van der Waals surface area contributed by atoms with Gasteiger partial charge in [0.2, 0.25) is 5.91 Å². The van der Waals surface area contributed by atoms with E-state index in [2.05, 4.69) is 5.32 Å². The van der Waals surface area contributed by atoms with E-state index >= 15 is 0 Å². The van der Waals surface area contributed by atoms with Crippen LogP contribution in [0.25, 0.3) is 0 Å². The second kappa shape index (κ2) is 7.18. The average Bonchev–Trinajstić information content (AvgIpc) is 2.52. The topological polar surface area (TPSA) is 58.4 Å². The van der Waals surface area contributed by atoms with E-state index in [1.807, 2.05) is 49.1 Å². The first-order valence-electron chi connectivity index (χ1n) is 7.20. The second-order valence-electron chi connectivity index (χ2n) is 5.02. The molecule has 3 N–H and O–H groups in total. The summed E-state index contributed by atoms with van der Waals surface area (Å²) in [5.41, 5.74) is 7.86. The molecule has 1 atom stereocenters. The number of carbonyl (C=O) groups is 1. The highest BCUT2D eigenvalue weighted by Gasteiger charge is 2.20. The summed E-state index contributed by atoms with van der Waals surface area (Å²) in [4.78, 5) is 14.5. The predicted octanol–water partition coefficient (Wildman–Crippen LogP) is 3.78. The van der Waals surface area contributed by atoms with Gasteiger partial charge in [-0.05, 0) is 44.2 Å². The lowest BCUT2D eigenvalue weighted by Gasteiger charge is -2.29. The summed E-state index contributed by atoms with van der Waals surface area (Å²) in [5, 5.41) is 3.35. The third-order valence-corrected chi connectivity index (χ3v) is 3.88. The van der Waals surface area contributed by atoms with Gasteiger partial charge < -0.3 is 16.0 Å². The van der Waals surface area contributed by atoms with Gasteiger partial charge in [-0.1, -0.05) is 29.8 Å². The zero-order chi connectivity index (χ0) is 16.1. The van der Waals surface area contributed by atoms with Crippen molar-refractivity contribution in [2.45, 2.75) is 19.9 Å². The standard InChI is InChI=1S/C17H20ClN3O/c1-3-21(14-7-5-4-6-8-14)12(2)17(22)20-13-9-10-15(18)16(19)11-13/h4-12H,3,19H2,1-2H3,(H,20,22). The van der Waals surface area contributed by atoms with Crippen molar-refractivity contribution in [1.82, 2.24) is 0 Å². The maximum atomic E-state index is 12.5. The molecule has 4 nitrogen and oxygen atoms in total. The molecule has 1 amide bonds. The molecule has 2 aromatic carbocycles. The number of amides is 1. The van der Waals surface area contributed by atoms with Crippen molar-refractivity contribution < 1.29 is 4.79 Å². The maximum Gasteiger partial charge on any atom is 0.246 e. The van der Waals surface area contributed by atoms with Crippen LogP contribution in [0.4, 0.5) is 17.1 Å². The Morgan fingerprint density at radius 2 is 1.95 bits per heavy atom. The summed E-state index contributed by atoms with van der Waals surface area (Å²) in [5.74, 6) is -0.0903. The molecule has 0 aliphatic heterocycles. The molecule has 5 heteroatoms. The van der Waals surface area contributed by atoms with Crippen LogP contribution in [0.3, 0.4) is 0 Å². The molecule has 0 bridgehead atoms. The van der Waals surface area contributed by atoms with Gasteiger partial charge in [-0.2, -0.15) is 0 Å². The van der Waals surface area contributed by atoms with Crippen LogP contribution in [-0.4, -0.2) is 18.5 Å². The van der Waals surface area contributed by atoms with E-state index in [1.165, 1.54) is 0 Å². The van der Waals surface area contributed by atoms with Crippen molar-refractivity contribution >= 4 is 34.6 Å². The summed E-state index contributed by atoms with van der Waals surface area (Å²) >= 11 is 5.89. The van der Waals surface area contributed by atoms with E-state index in [4.69, 9.17) is 17.3 Å². The van der Waals surface area contributed by atoms with Crippen LogP contribution in [0.1, 0.15) is 13.8 Å². The molecule has 0 heterocycles. The van der Waals surface area contributed by atoms with Crippen LogP contribution in [0.15, 0.2) is 48.5 Å². The van der Waals surface area contributed by atoms with Gasteiger partial charge in [0.05, 0.1) is 10.7 Å². The Balaban J connectivity index is 2.12. The summed E-state index contributed by atoms with van der Waals surface area (Å²) in [6, 6.07) is 14.6. The SMILES string of the molecule is CCN(c1ccccc1)C(C)C(=O)Nc1ccc(Cl)c(N)c1. The summed E-state index contributed by atoms with van der Waals surface area (Å²) in [6.07, 6.45) is 0. The molecule has 22 heavy (non-hydrogen) atoms. The van der Waals surface area contributed by atoms with E-state index in [1.54, 1.807) is 18.2 Å². The highest BCUT2D eigenvalue weighted by atomic mass is 35.5. The van der Waals surface area contributed by atoms with Gasteiger partial charge in [-0.3, -0.25) is 4.79 Å². The lowest BCUT2D eigenvalue weighted by Crippen LogP contribution is -2.42. The quantitative estimate of drug-likeness (QED) is 0.825. The molecule has 0 saturated carbocycles. The fourth-order valence-electron chi connectivity index (χ4n) is 2.31. The monoisotopic (exact) mass is 317 g/mol. The number of likely N-dealkylation sites (N-methyl/N-ethyl adjacent to an activating group) is 1. The van der Waals surface area contributed by atoms with Crippen LogP contribution in [0.5, 0.6) is 0 Å². The van der Waals surface area contributed by atoms with Gasteiger partial charge in [0, 0.05) is 17.9 Å². The van der Waals surface area contributed by atoms with Crippen molar-refractivity contribution in [3.8, 4) is 0 Å². The fourth-order valence-corrected chi connectivity index (χ4v) is 2.43. The summed E-state index contributed by atoms with van der Waals surface area (Å²) in [6.45, 7) is 4.64. The number of rotatable bonds is 5. The van der Waals surface area contributed by atoms with Crippen molar-refractivity contribution in [3.63, 3.8) is 0 Å². The Morgan fingerprint density at radius 3 is 2.55 bits per heavy atom. The minimum Gasteiger partial charge on any atom is -0.397 e. The van der Waals surface area contributed by atoms with E-state index in [-0.39, 0.29) is 11.9 Å². The van der Waals surface area contributed by atoms with Gasteiger partial charge in [0.15, 0.2) is 0 Å². The molecule has 0 saturated heterocycles. The third kappa shape index (κ3) is 3.71. The number of nitrogens with one attached hydrogen (secondary N) is 1. The first-order chi connectivity index (χ1) is 10.5. The van der Waals surface area contributed by atoms with Crippen LogP contribution in [0, 0.1) is 0 Å². The number of benzene rings is 2. The number of carbonyl (C=O) groups excluding carboxylic acids is 1. The molecule has 0 spiro atoms. The summed E-state index contributed by atoms with van der Waals surface area (Å²) in [7, 11) is 0. The molecular formula is C17H20ClN3O. The van der Waals surface area contributed by atoms with Gasteiger partial charge in [0.25, 0.3) is 0 Å². The predicted molar refractivity (Wildman–Crippen MR) is 93.4 cm³/mol. The normalized spacial score (nSPS) is 11.8. The van der Waals surface area contributed by atoms with Gasteiger partial charge in [-0.25, -0.2) is 0 Å².